The molecule has 6 heteroatoms. The van der Waals surface area contributed by atoms with Crippen molar-refractivity contribution >= 4 is 27.8 Å². The molecule has 0 spiro atoms. The molecule has 2 rings (SSSR count). The molecule has 0 aromatic carbocycles. The molecule has 18 heavy (non-hydrogen) atoms. The van der Waals surface area contributed by atoms with Crippen LogP contribution in [-0.4, -0.2) is 39.5 Å². The number of hydrogen-bond acceptors (Lipinski definition) is 2. The first kappa shape index (κ1) is 13.1. The number of aryl methyl sites for hydroxylation is 1. The maximum atomic E-state index is 12.2. The van der Waals surface area contributed by atoms with Gasteiger partial charge in [-0.25, -0.2) is 0 Å². The van der Waals surface area contributed by atoms with Crippen molar-refractivity contribution < 1.29 is 14.7 Å². The summed E-state index contributed by atoms with van der Waals surface area (Å²) >= 11 is 3.34. The Hall–Kier alpha value is -1.30. The maximum absolute atomic E-state index is 12.2. The van der Waals surface area contributed by atoms with E-state index in [1.54, 1.807) is 15.5 Å². The maximum Gasteiger partial charge on any atom is 0.303 e. The SMILES string of the molecule is Cn1cc(Br)cc1C(=O)N1CCC(CC(=O)O)C1. The molecule has 0 aliphatic carbocycles. The molecule has 1 aliphatic heterocycles. The monoisotopic (exact) mass is 314 g/mol. The third-order valence-electron chi connectivity index (χ3n) is 3.23. The van der Waals surface area contributed by atoms with Crippen molar-refractivity contribution in [2.24, 2.45) is 13.0 Å². The first-order valence-electron chi connectivity index (χ1n) is 5.80. The Morgan fingerprint density at radius 2 is 2.28 bits per heavy atom. The van der Waals surface area contributed by atoms with Crippen LogP contribution in [0, 0.1) is 5.92 Å². The van der Waals surface area contributed by atoms with Gasteiger partial charge in [0.1, 0.15) is 5.69 Å². The van der Waals surface area contributed by atoms with Crippen LogP contribution in [0.5, 0.6) is 0 Å². The number of carboxylic acids is 1. The second-order valence-corrected chi connectivity index (χ2v) is 5.57. The van der Waals surface area contributed by atoms with E-state index in [-0.39, 0.29) is 18.2 Å². The Labute approximate surface area is 114 Å². The van der Waals surface area contributed by atoms with Gasteiger partial charge in [-0.15, -0.1) is 0 Å². The van der Waals surface area contributed by atoms with Gasteiger partial charge < -0.3 is 14.6 Å². The standard InChI is InChI=1S/C12H15BrN2O3/c1-14-7-9(13)5-10(14)12(18)15-3-2-8(6-15)4-11(16)17/h5,7-8H,2-4,6H2,1H3,(H,16,17). The molecule has 1 saturated heterocycles. The van der Waals surface area contributed by atoms with E-state index in [0.717, 1.165) is 10.9 Å². The second kappa shape index (κ2) is 5.14. The molecular weight excluding hydrogens is 300 g/mol. The molecule has 0 bridgehead atoms. The number of likely N-dealkylation sites (tertiary alicyclic amines) is 1. The van der Waals surface area contributed by atoms with Gasteiger partial charge in [0, 0.05) is 37.2 Å². The molecule has 1 unspecified atom stereocenters. The Morgan fingerprint density at radius 1 is 1.56 bits per heavy atom. The van der Waals surface area contributed by atoms with E-state index in [1.165, 1.54) is 0 Å². The van der Waals surface area contributed by atoms with Gasteiger partial charge in [0.25, 0.3) is 5.91 Å². The Balaban J connectivity index is 2.03. The van der Waals surface area contributed by atoms with E-state index in [0.29, 0.717) is 18.8 Å². The Kier molecular flexibility index (Phi) is 3.75. The van der Waals surface area contributed by atoms with Crippen LogP contribution in [0.1, 0.15) is 23.3 Å². The fourth-order valence-corrected chi connectivity index (χ4v) is 2.85. The van der Waals surface area contributed by atoms with Crippen LogP contribution in [0.25, 0.3) is 0 Å². The Bertz CT molecular complexity index is 484. The number of nitrogens with zero attached hydrogens (tertiary/aromatic N) is 2. The predicted octanol–water partition coefficient (Wildman–Crippen LogP) is 1.72. The third kappa shape index (κ3) is 2.75. The summed E-state index contributed by atoms with van der Waals surface area (Å²) in [6, 6.07) is 1.78. The molecule has 1 atom stereocenters. The highest BCUT2D eigenvalue weighted by Crippen LogP contribution is 2.23. The number of carbonyl (C=O) groups excluding carboxylic acids is 1. The average Bonchev–Trinajstić information content (AvgIpc) is 2.84. The molecule has 98 valence electrons. The minimum atomic E-state index is -0.795. The van der Waals surface area contributed by atoms with Crippen molar-refractivity contribution in [1.29, 1.82) is 0 Å². The zero-order valence-corrected chi connectivity index (χ0v) is 11.7. The van der Waals surface area contributed by atoms with Gasteiger partial charge in [-0.2, -0.15) is 0 Å². The first-order valence-corrected chi connectivity index (χ1v) is 6.59. The zero-order valence-electron chi connectivity index (χ0n) is 10.1. The lowest BCUT2D eigenvalue weighted by Crippen LogP contribution is -2.30. The number of aliphatic carboxylic acids is 1. The van der Waals surface area contributed by atoms with E-state index >= 15 is 0 Å². The summed E-state index contributed by atoms with van der Waals surface area (Å²) in [5, 5.41) is 8.75. The van der Waals surface area contributed by atoms with Crippen molar-refractivity contribution in [2.45, 2.75) is 12.8 Å². The molecule has 1 aromatic rings. The molecule has 1 fully saturated rings. The fraction of sp³-hybridized carbons (Fsp3) is 0.500. The van der Waals surface area contributed by atoms with E-state index in [1.807, 2.05) is 13.2 Å². The van der Waals surface area contributed by atoms with Crippen LogP contribution in [0.4, 0.5) is 0 Å². The molecule has 2 heterocycles. The summed E-state index contributed by atoms with van der Waals surface area (Å²) in [4.78, 5) is 24.6. The van der Waals surface area contributed by atoms with E-state index in [2.05, 4.69) is 15.9 Å². The van der Waals surface area contributed by atoms with Gasteiger partial charge in [-0.05, 0) is 34.3 Å². The molecule has 0 saturated carbocycles. The van der Waals surface area contributed by atoms with Crippen molar-refractivity contribution in [3.63, 3.8) is 0 Å². The molecule has 1 aliphatic rings. The number of carboxylic acid groups (broad SMARTS) is 1. The lowest BCUT2D eigenvalue weighted by atomic mass is 10.1. The van der Waals surface area contributed by atoms with Gasteiger partial charge in [0.05, 0.1) is 0 Å². The van der Waals surface area contributed by atoms with Crippen LogP contribution in [0.3, 0.4) is 0 Å². The lowest BCUT2D eigenvalue weighted by Gasteiger charge is -2.16. The van der Waals surface area contributed by atoms with Gasteiger partial charge >= 0.3 is 5.97 Å². The zero-order chi connectivity index (χ0) is 13.3. The first-order chi connectivity index (χ1) is 8.47. The molecule has 0 radical (unpaired) electrons. The third-order valence-corrected chi connectivity index (χ3v) is 3.66. The molecule has 1 N–H and O–H groups in total. The summed E-state index contributed by atoms with van der Waals surface area (Å²) in [5.41, 5.74) is 0.623. The highest BCUT2D eigenvalue weighted by molar-refractivity contribution is 9.10. The molecule has 1 aromatic heterocycles. The van der Waals surface area contributed by atoms with Crippen molar-refractivity contribution in [3.8, 4) is 0 Å². The summed E-state index contributed by atoms with van der Waals surface area (Å²) < 4.78 is 2.64. The summed E-state index contributed by atoms with van der Waals surface area (Å²) in [5.74, 6) is -0.748. The smallest absolute Gasteiger partial charge is 0.303 e. The molecular formula is C12H15BrN2O3. The quantitative estimate of drug-likeness (QED) is 0.924. The number of carbonyl (C=O) groups is 2. The van der Waals surface area contributed by atoms with Gasteiger partial charge in [0.2, 0.25) is 0 Å². The predicted molar refractivity (Wildman–Crippen MR) is 69.4 cm³/mol. The summed E-state index contributed by atoms with van der Waals surface area (Å²) in [6.07, 6.45) is 2.74. The van der Waals surface area contributed by atoms with Crippen LogP contribution in [0.2, 0.25) is 0 Å². The van der Waals surface area contributed by atoms with Crippen LogP contribution in [-0.2, 0) is 11.8 Å². The summed E-state index contributed by atoms with van der Waals surface area (Å²) in [6.45, 7) is 1.17. The lowest BCUT2D eigenvalue weighted by molar-refractivity contribution is -0.138. The average molecular weight is 315 g/mol. The van der Waals surface area contributed by atoms with Crippen molar-refractivity contribution in [1.82, 2.24) is 9.47 Å². The van der Waals surface area contributed by atoms with Crippen LogP contribution < -0.4 is 0 Å². The molecule has 1 amide bonds. The van der Waals surface area contributed by atoms with E-state index < -0.39 is 5.97 Å². The second-order valence-electron chi connectivity index (χ2n) is 4.66. The number of amides is 1. The topological polar surface area (TPSA) is 62.5 Å². The van der Waals surface area contributed by atoms with E-state index in [9.17, 15) is 9.59 Å². The Morgan fingerprint density at radius 3 is 2.83 bits per heavy atom. The summed E-state index contributed by atoms with van der Waals surface area (Å²) in [7, 11) is 1.82. The van der Waals surface area contributed by atoms with Gasteiger partial charge in [0.15, 0.2) is 0 Å². The minimum Gasteiger partial charge on any atom is -0.481 e. The van der Waals surface area contributed by atoms with Crippen LogP contribution in [0.15, 0.2) is 16.7 Å². The van der Waals surface area contributed by atoms with Gasteiger partial charge in [-0.1, -0.05) is 0 Å². The highest BCUT2D eigenvalue weighted by atomic mass is 79.9. The largest absolute Gasteiger partial charge is 0.481 e. The fourth-order valence-electron chi connectivity index (χ4n) is 2.33. The number of aromatic nitrogens is 1. The van der Waals surface area contributed by atoms with E-state index in [4.69, 9.17) is 5.11 Å². The normalized spacial score (nSPS) is 19.2. The minimum absolute atomic E-state index is 0.0314. The number of rotatable bonds is 3. The van der Waals surface area contributed by atoms with Crippen LogP contribution >= 0.6 is 15.9 Å². The number of hydrogen-bond donors (Lipinski definition) is 1. The molecule has 5 nitrogen and oxygen atoms in total. The van der Waals surface area contributed by atoms with Gasteiger partial charge in [-0.3, -0.25) is 9.59 Å². The highest BCUT2D eigenvalue weighted by Gasteiger charge is 2.29. The van der Waals surface area contributed by atoms with Crippen molar-refractivity contribution in [3.05, 3.63) is 22.4 Å². The van der Waals surface area contributed by atoms with Crippen molar-refractivity contribution in [2.75, 3.05) is 13.1 Å². The number of halogens is 1.